The molecule has 0 spiro atoms. The molecular weight excluding hydrogens is 1210 g/mol. The summed E-state index contributed by atoms with van der Waals surface area (Å²) in [6, 6.07) is 0. The van der Waals surface area contributed by atoms with Gasteiger partial charge in [0.05, 0.1) is 0 Å². The van der Waals surface area contributed by atoms with Gasteiger partial charge in [0.15, 0.2) is 19.5 Å². The highest BCUT2D eigenvalue weighted by atomic mass is 28.4. The molecule has 0 bridgehead atoms. The Hall–Kier alpha value is -4.08. The zero-order chi connectivity index (χ0) is 67.4. The van der Waals surface area contributed by atoms with Crippen LogP contribution in [0.3, 0.4) is 0 Å². The normalized spacial score (nSPS) is 14.9. The van der Waals surface area contributed by atoms with E-state index in [0.717, 1.165) is 6.92 Å². The lowest BCUT2D eigenvalue weighted by Gasteiger charge is -2.41. The van der Waals surface area contributed by atoms with Crippen LogP contribution >= 0.6 is 0 Å². The summed E-state index contributed by atoms with van der Waals surface area (Å²) in [7, 11) is -2.94. The molecule has 80 heavy (non-hydrogen) atoms. The predicted molar refractivity (Wildman–Crippen MR) is 226 cm³/mol. The number of hydrogen-bond acceptors (Lipinski definition) is 12. The maximum Gasteiger partial charge on any atom is 0.456 e. The molecule has 0 aromatic rings. The first-order valence-electron chi connectivity index (χ1n) is 20.7. The predicted octanol–water partition coefficient (Wildman–Crippen LogP) is 11.7. The van der Waals surface area contributed by atoms with E-state index >= 15 is 0 Å². The van der Waals surface area contributed by atoms with Crippen LogP contribution in [0.1, 0.15) is 83.1 Å². The standard InChI is InChI=1S/C13H21F5O3Si.C10H13F5O3.C6H9F5O2.C6H7F5O2.C3H2F6O.C3H6O/c1-8(2)9(19)20-11(3,4)12(14,15)10(13(16,17)18)21-22(5,6)7;1-5(2)6(16)18-8(3,4)9(11,12)7(17)10(13,14)15;2*1-4(2,13)5(7,8)3(12)6(9,10)11;4-2(5,6)1(10)3(7,8)9;1-3(2)4/h10H,1H2,2-7H3;7,17H,1H2,2-4H3;3,12-13H,1-2H3;13H,1-2H3;1,10H;1-2H3. The molecule has 5 N–H and O–H groups in total. The summed E-state index contributed by atoms with van der Waals surface area (Å²) in [5.41, 5.74) is -12.0. The third kappa shape index (κ3) is 29.8. The lowest BCUT2D eigenvalue weighted by Crippen LogP contribution is -2.61. The van der Waals surface area contributed by atoms with Crippen molar-refractivity contribution < 1.29 is 173 Å². The van der Waals surface area contributed by atoms with Crippen molar-refractivity contribution in [2.24, 2.45) is 0 Å². The molecule has 3 unspecified atom stereocenters. The van der Waals surface area contributed by atoms with Crippen molar-refractivity contribution in [2.75, 3.05) is 0 Å². The molecule has 0 aliphatic carbocycles. The number of ether oxygens (including phenoxy) is 2. The highest BCUT2D eigenvalue weighted by molar-refractivity contribution is 6.69. The van der Waals surface area contributed by atoms with Gasteiger partial charge in [0.25, 0.3) is 0 Å². The Balaban J connectivity index is -0.000000215. The smallest absolute Gasteiger partial charge is 0.450 e. The first-order valence-corrected chi connectivity index (χ1v) is 24.1. The minimum absolute atomic E-state index is 0.167. The van der Waals surface area contributed by atoms with E-state index in [1.807, 2.05) is 0 Å². The van der Waals surface area contributed by atoms with Gasteiger partial charge in [0.1, 0.15) is 17.0 Å². The van der Waals surface area contributed by atoms with E-state index in [0.29, 0.717) is 55.4 Å². The zero-order valence-corrected chi connectivity index (χ0v) is 45.1. The maximum atomic E-state index is 14.4. The Labute approximate surface area is 439 Å². The molecular formula is C41H58F26O12Si. The molecule has 0 aromatic carbocycles. The largest absolute Gasteiger partial charge is 0.456 e. The van der Waals surface area contributed by atoms with Crippen LogP contribution in [0.15, 0.2) is 24.3 Å². The van der Waals surface area contributed by atoms with E-state index in [1.54, 1.807) is 0 Å². The second-order valence-electron chi connectivity index (χ2n) is 19.2. The minimum Gasteiger partial charge on any atom is -0.450 e. The van der Waals surface area contributed by atoms with Gasteiger partial charge in [-0.1, -0.05) is 13.2 Å². The highest BCUT2D eigenvalue weighted by Gasteiger charge is 2.68. The molecule has 480 valence electrons. The first-order chi connectivity index (χ1) is 33.8. The molecule has 0 fully saturated rings. The summed E-state index contributed by atoms with van der Waals surface area (Å²) in [4.78, 5) is 42.0. The third-order valence-corrected chi connectivity index (χ3v) is 9.09. The minimum atomic E-state index is -5.65. The van der Waals surface area contributed by atoms with Gasteiger partial charge in [-0.15, -0.1) is 0 Å². The number of Topliss-reactive ketones (excluding diaryl/α,β-unsaturated/α-hetero) is 2. The van der Waals surface area contributed by atoms with Gasteiger partial charge in [-0.3, -0.25) is 4.79 Å². The van der Waals surface area contributed by atoms with Gasteiger partial charge in [-0.2, -0.15) is 105 Å². The summed E-state index contributed by atoms with van der Waals surface area (Å²) < 4.78 is 330. The summed E-state index contributed by atoms with van der Waals surface area (Å²) in [5, 5.41) is 41.6. The number of aliphatic hydroxyl groups excluding tert-OH is 3. The maximum absolute atomic E-state index is 14.4. The lowest BCUT2D eigenvalue weighted by atomic mass is 9.94. The fourth-order valence-corrected chi connectivity index (χ4v) is 4.49. The van der Waals surface area contributed by atoms with Crippen LogP contribution < -0.4 is 0 Å². The fraction of sp³-hybridized carbons (Fsp3) is 0.805. The molecule has 3 atom stereocenters. The van der Waals surface area contributed by atoms with Crippen LogP contribution in [0.4, 0.5) is 114 Å². The van der Waals surface area contributed by atoms with Gasteiger partial charge >= 0.3 is 78.5 Å². The number of carbonyl (C=O) groups is 4. The summed E-state index contributed by atoms with van der Waals surface area (Å²) in [6.45, 7) is 20.2. The Morgan fingerprint density at radius 2 is 0.650 bits per heavy atom. The second-order valence-corrected chi connectivity index (χ2v) is 23.6. The van der Waals surface area contributed by atoms with Gasteiger partial charge in [-0.25, -0.2) is 18.4 Å². The van der Waals surface area contributed by atoms with Gasteiger partial charge in [-0.05, 0) is 103 Å². The van der Waals surface area contributed by atoms with Gasteiger partial charge in [0, 0.05) is 11.1 Å². The summed E-state index contributed by atoms with van der Waals surface area (Å²) in [5.74, 6) is -24.2. The second kappa shape index (κ2) is 28.9. The number of esters is 2. The van der Waals surface area contributed by atoms with Crippen molar-refractivity contribution in [2.45, 2.75) is 210 Å². The molecule has 39 heteroatoms. The molecule has 0 aromatic heterocycles. The van der Waals surface area contributed by atoms with Crippen LogP contribution in [0.25, 0.3) is 0 Å². The van der Waals surface area contributed by atoms with Crippen molar-refractivity contribution in [3.63, 3.8) is 0 Å². The molecule has 0 aliphatic rings. The Morgan fingerprint density at radius 3 is 0.787 bits per heavy atom. The molecule has 0 saturated heterocycles. The topological polar surface area (TPSA) is 197 Å². The van der Waals surface area contributed by atoms with Crippen LogP contribution in [0.2, 0.25) is 19.6 Å². The molecule has 0 heterocycles. The molecule has 0 radical (unpaired) electrons. The van der Waals surface area contributed by atoms with Crippen molar-refractivity contribution >= 4 is 31.8 Å². The molecule has 0 aliphatic heterocycles. The SMILES string of the molecule is C=C(C)C(=O)OC(C)(C)C(F)(F)C(O)C(F)(F)F.C=C(C)C(=O)OC(C)(C)C(F)(F)C(O[Si](C)(C)C)C(F)(F)F.CC(C)(O)C(F)(F)C(=O)C(F)(F)F.CC(C)(O)C(F)(F)C(O)C(F)(F)F.CC(C)=O.OC(C(F)(F)F)C(F)(F)F. The third-order valence-electron chi connectivity index (χ3n) is 8.15. The number of rotatable bonds is 14. The Bertz CT molecular complexity index is 1980. The molecule has 0 saturated carbocycles. The molecule has 0 amide bonds. The first kappa shape index (κ1) is 87.2. The number of aliphatic hydroxyl groups is 5. The van der Waals surface area contributed by atoms with Crippen LogP contribution in [-0.2, 0) is 33.1 Å². The number of hydrogen-bond donors (Lipinski definition) is 5. The van der Waals surface area contributed by atoms with E-state index in [1.165, 1.54) is 40.4 Å². The van der Waals surface area contributed by atoms with E-state index in [4.69, 9.17) is 25.5 Å². The summed E-state index contributed by atoms with van der Waals surface area (Å²) in [6.07, 6.45) is -48.6. The van der Waals surface area contributed by atoms with Crippen LogP contribution in [0, 0.1) is 0 Å². The van der Waals surface area contributed by atoms with Gasteiger partial charge in [0.2, 0.25) is 24.4 Å². The van der Waals surface area contributed by atoms with E-state index in [9.17, 15) is 133 Å². The monoisotopic (exact) mass is 1260 g/mol. The highest BCUT2D eigenvalue weighted by Crippen LogP contribution is 2.45. The van der Waals surface area contributed by atoms with E-state index in [2.05, 4.69) is 27.1 Å². The van der Waals surface area contributed by atoms with Crippen LogP contribution in [0.5, 0.6) is 0 Å². The van der Waals surface area contributed by atoms with E-state index < -0.39 is 134 Å². The quantitative estimate of drug-likeness (QED) is 0.0478. The molecule has 12 nitrogen and oxygen atoms in total. The zero-order valence-electron chi connectivity index (χ0n) is 44.1. The fourth-order valence-electron chi connectivity index (χ4n) is 3.51. The van der Waals surface area contributed by atoms with Crippen molar-refractivity contribution in [1.29, 1.82) is 0 Å². The number of carbonyl (C=O) groups excluding carboxylic acids is 4. The van der Waals surface area contributed by atoms with Crippen LogP contribution in [-0.4, -0.2) is 165 Å². The molecule has 0 rings (SSSR count). The lowest BCUT2D eigenvalue weighted by molar-refractivity contribution is -0.309. The Morgan fingerprint density at radius 1 is 0.412 bits per heavy atom. The number of ketones is 2. The van der Waals surface area contributed by atoms with Gasteiger partial charge < -0.3 is 44.2 Å². The van der Waals surface area contributed by atoms with Crippen molar-refractivity contribution in [1.82, 2.24) is 0 Å². The van der Waals surface area contributed by atoms with Crippen molar-refractivity contribution in [3.8, 4) is 0 Å². The average Bonchev–Trinajstić information content (AvgIpc) is 3.15. The van der Waals surface area contributed by atoms with Crippen molar-refractivity contribution in [3.05, 3.63) is 24.3 Å². The number of alkyl halides is 26. The summed E-state index contributed by atoms with van der Waals surface area (Å²) >= 11 is 0. The Kier molecular flexibility index (Phi) is 31.5. The average molecular weight is 1260 g/mol. The van der Waals surface area contributed by atoms with E-state index in [-0.39, 0.29) is 16.9 Å². The number of halogens is 26.